The van der Waals surface area contributed by atoms with Gasteiger partial charge in [0.1, 0.15) is 36.1 Å². The van der Waals surface area contributed by atoms with E-state index in [9.17, 15) is 0 Å². The Morgan fingerprint density at radius 1 is 0.667 bits per heavy atom. The van der Waals surface area contributed by atoms with Crippen LogP contribution in [-0.4, -0.2) is 122 Å². The first kappa shape index (κ1) is 47.5. The molecule has 4 fully saturated rings. The predicted octanol–water partition coefficient (Wildman–Crippen LogP) is 9.68. The second kappa shape index (κ2) is 24.7. The van der Waals surface area contributed by atoms with Gasteiger partial charge in [-0.1, -0.05) is 66.2 Å². The summed E-state index contributed by atoms with van der Waals surface area (Å²) in [5, 5.41) is 2.10. The second-order valence-electron chi connectivity index (χ2n) is 16.1. The van der Waals surface area contributed by atoms with Crippen LogP contribution in [0.4, 0.5) is 23.0 Å². The van der Waals surface area contributed by atoms with Crippen LogP contribution in [0.5, 0.6) is 0 Å². The number of aromatic nitrogens is 2. The van der Waals surface area contributed by atoms with Gasteiger partial charge in [-0.25, -0.2) is 19.7 Å². The van der Waals surface area contributed by atoms with Crippen LogP contribution in [0.15, 0.2) is 48.8 Å². The fourth-order valence-electron chi connectivity index (χ4n) is 9.09. The Hall–Kier alpha value is -1.99. The molecule has 3 aromatic rings. The number of piperazine rings is 2. The SMILES string of the molecule is COOSNc1cnc(N2CCN(C3CCCCC3)[C@@H](C)C2)c(Cl)c1.COOSNc1cnc(N2CCN(C3CCN(CCCc4ccc(Cl)cc4)CC3)[C@@H](C)C2)c(Cl)c1. The number of halogens is 3. The molecular formula is C42H62Cl3N9O4S2. The van der Waals surface area contributed by atoms with E-state index in [2.05, 4.69) is 79.7 Å². The number of hydrogen-bond acceptors (Lipinski definition) is 15. The minimum Gasteiger partial charge on any atom is -0.353 e. The molecule has 7 rings (SSSR count). The van der Waals surface area contributed by atoms with Crippen molar-refractivity contribution in [2.45, 2.75) is 95.8 Å². The molecule has 0 unspecified atom stereocenters. The van der Waals surface area contributed by atoms with Crippen LogP contribution in [0, 0.1) is 0 Å². The number of hydrogen-bond donors (Lipinski definition) is 2. The number of aryl methyl sites for hydroxylation is 1. The molecule has 1 saturated carbocycles. The van der Waals surface area contributed by atoms with E-state index in [1.54, 1.807) is 12.4 Å². The molecule has 0 amide bonds. The van der Waals surface area contributed by atoms with Gasteiger partial charge in [-0.05, 0) is 102 Å². The molecule has 5 heterocycles. The maximum absolute atomic E-state index is 6.56. The van der Waals surface area contributed by atoms with E-state index in [0.717, 1.165) is 104 Å². The molecule has 1 aliphatic carbocycles. The average molecular weight is 928 g/mol. The van der Waals surface area contributed by atoms with E-state index >= 15 is 0 Å². The first-order chi connectivity index (χ1) is 29.2. The summed E-state index contributed by atoms with van der Waals surface area (Å²) in [5.41, 5.74) is 2.92. The van der Waals surface area contributed by atoms with Crippen LogP contribution in [0.1, 0.15) is 70.8 Å². The molecule has 3 aliphatic heterocycles. The third-order valence-corrected chi connectivity index (χ3v) is 13.9. The monoisotopic (exact) mass is 925 g/mol. The van der Waals surface area contributed by atoms with Crippen molar-refractivity contribution < 1.29 is 18.4 Å². The van der Waals surface area contributed by atoms with E-state index in [0.29, 0.717) is 28.2 Å². The Labute approximate surface area is 381 Å². The zero-order valence-corrected chi connectivity index (χ0v) is 39.3. The number of nitrogens with one attached hydrogen (secondary N) is 2. The Balaban J connectivity index is 0.000000213. The molecule has 4 aliphatic rings. The molecule has 332 valence electrons. The number of rotatable bonds is 16. The van der Waals surface area contributed by atoms with Crippen molar-refractivity contribution in [1.29, 1.82) is 0 Å². The standard InChI is InChI=1S/C25H35Cl2N5O2S.C17H27ClN4O2S/c1-19-18-31(25-24(27)16-22(17-28-25)29-35-34-33-2)14-15-32(19)23-9-12-30(13-10-23)11-3-4-20-5-7-21(26)8-6-20;1-13-12-21(8-9-22(13)15-6-4-3-5-7-15)17-16(18)10-14(11-19-17)20-25-24-23-2/h5-8,16-17,19,23,29H,3-4,9-15,18H2,1-2H3;10-11,13,15,20H,3-9,12H2,1-2H3/t19-;13-/m00/s1. The van der Waals surface area contributed by atoms with Gasteiger partial charge in [0.15, 0.2) is 0 Å². The topological polar surface area (TPSA) is 103 Å². The Bertz CT molecular complexity index is 1730. The molecule has 60 heavy (non-hydrogen) atoms. The summed E-state index contributed by atoms with van der Waals surface area (Å²) < 4.78 is 15.5. The maximum atomic E-state index is 6.56. The van der Waals surface area contributed by atoms with Crippen LogP contribution in [0.2, 0.25) is 15.1 Å². The molecule has 2 aromatic heterocycles. The van der Waals surface area contributed by atoms with E-state index in [-0.39, 0.29) is 0 Å². The van der Waals surface area contributed by atoms with Crippen molar-refractivity contribution in [3.63, 3.8) is 0 Å². The van der Waals surface area contributed by atoms with E-state index in [1.807, 2.05) is 24.3 Å². The molecule has 3 saturated heterocycles. The van der Waals surface area contributed by atoms with Gasteiger partial charge in [0, 0.05) is 68.5 Å². The molecule has 2 N–H and O–H groups in total. The summed E-state index contributed by atoms with van der Waals surface area (Å²) >= 11 is 21.0. The molecule has 0 radical (unpaired) electrons. The molecule has 0 spiro atoms. The molecule has 2 atom stereocenters. The lowest BCUT2D eigenvalue weighted by Gasteiger charge is -2.47. The highest BCUT2D eigenvalue weighted by atomic mass is 35.5. The van der Waals surface area contributed by atoms with Crippen LogP contribution in [0.3, 0.4) is 0 Å². The number of piperidine rings is 1. The number of pyridine rings is 2. The number of anilines is 4. The van der Waals surface area contributed by atoms with Crippen molar-refractivity contribution in [2.24, 2.45) is 0 Å². The van der Waals surface area contributed by atoms with Gasteiger partial charge in [-0.2, -0.15) is 0 Å². The molecule has 1 aromatic carbocycles. The fourth-order valence-corrected chi connectivity index (χ4v) is 10.4. The Kier molecular flexibility index (Phi) is 19.6. The van der Waals surface area contributed by atoms with Gasteiger partial charge >= 0.3 is 0 Å². The second-order valence-corrected chi connectivity index (χ2v) is 18.3. The summed E-state index contributed by atoms with van der Waals surface area (Å²) in [4.78, 5) is 30.9. The van der Waals surface area contributed by atoms with Crippen molar-refractivity contribution in [1.82, 2.24) is 24.7 Å². The van der Waals surface area contributed by atoms with Crippen molar-refractivity contribution >= 4 is 82.3 Å². The van der Waals surface area contributed by atoms with Crippen LogP contribution in [-0.2, 0) is 24.9 Å². The molecule has 18 heteroatoms. The minimum absolute atomic E-state index is 0.464. The molecule has 13 nitrogen and oxygen atoms in total. The fraction of sp³-hybridized carbons (Fsp3) is 0.619. The first-order valence-electron chi connectivity index (χ1n) is 21.3. The van der Waals surface area contributed by atoms with Crippen molar-refractivity contribution in [3.05, 3.63) is 69.4 Å². The highest BCUT2D eigenvalue weighted by molar-refractivity contribution is 7.96. The number of nitrogens with zero attached hydrogens (tertiary/aromatic N) is 7. The Morgan fingerprint density at radius 3 is 1.63 bits per heavy atom. The van der Waals surface area contributed by atoms with Gasteiger partial charge in [-0.3, -0.25) is 9.80 Å². The lowest BCUT2D eigenvalue weighted by molar-refractivity contribution is -0.159. The van der Waals surface area contributed by atoms with E-state index < -0.39 is 0 Å². The zero-order chi connectivity index (χ0) is 42.3. The number of benzene rings is 1. The third kappa shape index (κ3) is 14.0. The first-order valence-corrected chi connectivity index (χ1v) is 23.9. The molecule has 0 bridgehead atoms. The third-order valence-electron chi connectivity index (χ3n) is 12.0. The number of likely N-dealkylation sites (tertiary alicyclic amines) is 1. The summed E-state index contributed by atoms with van der Waals surface area (Å²) in [7, 11) is 2.91. The summed E-state index contributed by atoms with van der Waals surface area (Å²) in [6.07, 6.45) is 15.2. The van der Waals surface area contributed by atoms with Crippen LogP contribution < -0.4 is 19.2 Å². The highest BCUT2D eigenvalue weighted by Crippen LogP contribution is 2.33. The summed E-state index contributed by atoms with van der Waals surface area (Å²) in [5.74, 6) is 1.71. The van der Waals surface area contributed by atoms with Gasteiger partial charge in [-0.15, -0.1) is 8.67 Å². The van der Waals surface area contributed by atoms with Gasteiger partial charge < -0.3 is 24.1 Å². The van der Waals surface area contributed by atoms with E-state index in [4.69, 9.17) is 43.5 Å². The van der Waals surface area contributed by atoms with Crippen LogP contribution in [0.25, 0.3) is 0 Å². The summed E-state index contributed by atoms with van der Waals surface area (Å²) in [6.45, 7) is 14.1. The molecular weight excluding hydrogens is 865 g/mol. The maximum Gasteiger partial charge on any atom is 0.149 e. The van der Waals surface area contributed by atoms with Gasteiger partial charge in [0.25, 0.3) is 0 Å². The summed E-state index contributed by atoms with van der Waals surface area (Å²) in [6, 6.07) is 14.4. The predicted molar refractivity (Wildman–Crippen MR) is 250 cm³/mol. The lowest BCUT2D eigenvalue weighted by Crippen LogP contribution is -2.57. The zero-order valence-electron chi connectivity index (χ0n) is 35.4. The average Bonchev–Trinajstić information content (AvgIpc) is 3.25. The van der Waals surface area contributed by atoms with Crippen molar-refractivity contribution in [2.75, 3.05) is 92.4 Å². The smallest absolute Gasteiger partial charge is 0.149 e. The van der Waals surface area contributed by atoms with E-state index in [1.165, 1.54) is 90.8 Å². The van der Waals surface area contributed by atoms with Gasteiger partial charge in [0.2, 0.25) is 0 Å². The quantitative estimate of drug-likeness (QED) is 0.0468. The van der Waals surface area contributed by atoms with Gasteiger partial charge in [0.05, 0.1) is 48.0 Å². The van der Waals surface area contributed by atoms with Crippen molar-refractivity contribution in [3.8, 4) is 0 Å². The normalized spacial score (nSPS) is 21.4. The largest absolute Gasteiger partial charge is 0.353 e. The Morgan fingerprint density at radius 2 is 1.17 bits per heavy atom. The lowest BCUT2D eigenvalue weighted by atomic mass is 9.92. The van der Waals surface area contributed by atoms with Crippen LogP contribution >= 0.6 is 59.3 Å². The highest BCUT2D eigenvalue weighted by Gasteiger charge is 2.33. The minimum atomic E-state index is 0.464.